The van der Waals surface area contributed by atoms with E-state index in [0.29, 0.717) is 0 Å². The second kappa shape index (κ2) is 18.9. The van der Waals surface area contributed by atoms with Gasteiger partial charge in [-0.3, -0.25) is 0 Å². The zero-order valence-corrected chi connectivity index (χ0v) is 43.9. The molecule has 370 valence electrons. The van der Waals surface area contributed by atoms with Crippen LogP contribution in [0.2, 0.25) is 0 Å². The largest absolute Gasteiger partial charge is 0.311 e. The Kier molecular flexibility index (Phi) is 11.5. The van der Waals surface area contributed by atoms with Crippen LogP contribution in [0.5, 0.6) is 0 Å². The maximum Gasteiger partial charge on any atom is 0.0465 e. The number of fused-ring (bicyclic) bond motifs is 3. The molecule has 2 nitrogen and oxygen atoms in total. The van der Waals surface area contributed by atoms with Crippen molar-refractivity contribution in [2.45, 2.75) is 64.2 Å². The number of aryl methyl sites for hydroxylation is 1. The number of hydrogen-bond donors (Lipinski definition) is 0. The molecule has 0 N–H and O–H groups in total. The van der Waals surface area contributed by atoms with Crippen LogP contribution in [0.1, 0.15) is 74.1 Å². The first-order valence-electron chi connectivity index (χ1n) is 27.9. The molecule has 10 aromatic rings. The van der Waals surface area contributed by atoms with Crippen molar-refractivity contribution in [1.29, 1.82) is 0 Å². The average Bonchev–Trinajstić information content (AvgIpc) is 3.80. The van der Waals surface area contributed by atoms with Gasteiger partial charge >= 0.3 is 0 Å². The SMILES string of the molecule is Cc1cccc2c1-c1ccc(N(c3ccccc3)c3ccc(-c4cc(-c5ccccc5)c(-c5ccc(N(c6ccccc6)c6ccc(C7C8CC9CC(C8)CC7C9)cc6)cc5)cc4-c4ccccc4)cc3)cc1C2(C)C. The van der Waals surface area contributed by atoms with Gasteiger partial charge in [-0.05, 0) is 231 Å². The van der Waals surface area contributed by atoms with Gasteiger partial charge in [0.15, 0.2) is 0 Å². The summed E-state index contributed by atoms with van der Waals surface area (Å²) in [6.45, 7) is 6.99. The fraction of sp³-hybridized carbons (Fsp3) is 0.189. The standard InChI is InChI=1S/C74H64N2/c1-49-17-16-26-70-72(49)65-40-39-64(46-71(65)74(70,2)3)76(60-24-14-7-15-25-60)63-35-29-55(30-36-63)69-48-66(52-18-8-4-9-19-52)68(47-67(69)53-20-10-5-11-21-53)54-27-33-61(34-28-54)75(59-22-12-6-13-23-59)62-37-31-56(32-38-62)73-57-42-50-41-51(44-57)45-58(73)43-50/h4-40,46-48,50-51,57-58,73H,41-45H2,1-3H3. The summed E-state index contributed by atoms with van der Waals surface area (Å²) in [6, 6.07) is 90.5. The van der Waals surface area contributed by atoms with E-state index < -0.39 is 0 Å². The first kappa shape index (κ1) is 46.3. The van der Waals surface area contributed by atoms with Crippen LogP contribution in [0.3, 0.4) is 0 Å². The van der Waals surface area contributed by atoms with E-state index in [1.165, 1.54) is 110 Å². The van der Waals surface area contributed by atoms with Crippen LogP contribution in [0.15, 0.2) is 243 Å². The second-order valence-electron chi connectivity index (χ2n) is 23.0. The van der Waals surface area contributed by atoms with Gasteiger partial charge in [-0.25, -0.2) is 0 Å². The number of hydrogen-bond acceptors (Lipinski definition) is 2. The molecular weight excluding hydrogens is 917 g/mol. The van der Waals surface area contributed by atoms with Crippen LogP contribution in [-0.4, -0.2) is 0 Å². The number of rotatable bonds is 11. The van der Waals surface area contributed by atoms with Crippen LogP contribution in [0, 0.1) is 30.6 Å². The minimum Gasteiger partial charge on any atom is -0.311 e. The molecule has 5 aliphatic carbocycles. The Hall–Kier alpha value is -8.20. The molecule has 15 rings (SSSR count). The van der Waals surface area contributed by atoms with Crippen molar-refractivity contribution in [1.82, 2.24) is 0 Å². The number of nitrogens with zero attached hydrogens (tertiary/aromatic N) is 2. The lowest BCUT2D eigenvalue weighted by Crippen LogP contribution is -2.43. The van der Waals surface area contributed by atoms with Crippen LogP contribution < -0.4 is 9.80 Å². The van der Waals surface area contributed by atoms with Crippen LogP contribution in [-0.2, 0) is 5.41 Å². The molecule has 4 saturated carbocycles. The summed E-state index contributed by atoms with van der Waals surface area (Å²) in [6.07, 6.45) is 7.26. The van der Waals surface area contributed by atoms with Gasteiger partial charge in [0.2, 0.25) is 0 Å². The maximum absolute atomic E-state index is 2.47. The van der Waals surface area contributed by atoms with E-state index in [0.717, 1.165) is 58.0 Å². The lowest BCUT2D eigenvalue weighted by atomic mass is 9.51. The molecule has 2 heteroatoms. The van der Waals surface area contributed by atoms with Gasteiger partial charge < -0.3 is 9.80 Å². The predicted octanol–water partition coefficient (Wildman–Crippen LogP) is 20.4. The van der Waals surface area contributed by atoms with Crippen molar-refractivity contribution in [3.63, 3.8) is 0 Å². The Morgan fingerprint density at radius 1 is 0.329 bits per heavy atom. The Balaban J connectivity index is 0.841. The van der Waals surface area contributed by atoms with E-state index in [-0.39, 0.29) is 5.41 Å². The van der Waals surface area contributed by atoms with E-state index in [1.54, 1.807) is 5.56 Å². The summed E-state index contributed by atoms with van der Waals surface area (Å²) in [5.74, 6) is 4.42. The summed E-state index contributed by atoms with van der Waals surface area (Å²) in [5.41, 5.74) is 24.7. The average molecular weight is 981 g/mol. The number of para-hydroxylation sites is 2. The van der Waals surface area contributed by atoms with Gasteiger partial charge in [0, 0.05) is 39.5 Å². The molecule has 0 unspecified atom stereocenters. The zero-order chi connectivity index (χ0) is 50.9. The quantitative estimate of drug-likeness (QED) is 0.127. The Morgan fingerprint density at radius 3 is 1.20 bits per heavy atom. The van der Waals surface area contributed by atoms with Crippen LogP contribution in [0.25, 0.3) is 55.6 Å². The summed E-state index contributed by atoms with van der Waals surface area (Å²) >= 11 is 0. The molecule has 0 radical (unpaired) electrons. The lowest BCUT2D eigenvalue weighted by molar-refractivity contribution is -0.00277. The monoisotopic (exact) mass is 981 g/mol. The van der Waals surface area contributed by atoms with Crippen molar-refractivity contribution in [2.24, 2.45) is 23.7 Å². The zero-order valence-electron chi connectivity index (χ0n) is 43.9. The highest BCUT2D eigenvalue weighted by Gasteiger charge is 2.48. The van der Waals surface area contributed by atoms with E-state index in [2.05, 4.69) is 273 Å². The number of benzene rings is 10. The first-order chi connectivity index (χ1) is 37.3. The molecule has 0 spiro atoms. The van der Waals surface area contributed by atoms with E-state index in [4.69, 9.17) is 0 Å². The van der Waals surface area contributed by atoms with Gasteiger partial charge in [0.05, 0.1) is 0 Å². The third-order valence-corrected chi connectivity index (χ3v) is 18.1. The Bertz CT molecular complexity index is 3680. The van der Waals surface area contributed by atoms with E-state index in [1.807, 2.05) is 0 Å². The molecule has 0 aromatic heterocycles. The molecule has 10 aromatic carbocycles. The first-order valence-corrected chi connectivity index (χ1v) is 27.9. The van der Waals surface area contributed by atoms with Crippen LogP contribution in [0.4, 0.5) is 34.1 Å². The smallest absolute Gasteiger partial charge is 0.0465 e. The van der Waals surface area contributed by atoms with Crippen LogP contribution >= 0.6 is 0 Å². The Morgan fingerprint density at radius 2 is 0.724 bits per heavy atom. The highest BCUT2D eigenvalue weighted by molar-refractivity contribution is 5.96. The molecule has 0 saturated heterocycles. The molecule has 0 amide bonds. The topological polar surface area (TPSA) is 6.48 Å². The van der Waals surface area contributed by atoms with Crippen molar-refractivity contribution >= 4 is 34.1 Å². The van der Waals surface area contributed by atoms with E-state index in [9.17, 15) is 0 Å². The highest BCUT2D eigenvalue weighted by Crippen LogP contribution is 2.60. The molecule has 5 aliphatic rings. The minimum absolute atomic E-state index is 0.111. The Labute approximate surface area is 450 Å². The second-order valence-corrected chi connectivity index (χ2v) is 23.0. The third-order valence-electron chi connectivity index (χ3n) is 18.1. The highest BCUT2D eigenvalue weighted by atomic mass is 15.1. The van der Waals surface area contributed by atoms with Gasteiger partial charge in [-0.15, -0.1) is 0 Å². The van der Waals surface area contributed by atoms with Gasteiger partial charge in [-0.1, -0.05) is 172 Å². The van der Waals surface area contributed by atoms with Crippen molar-refractivity contribution in [3.8, 4) is 55.6 Å². The molecule has 0 atom stereocenters. The fourth-order valence-corrected chi connectivity index (χ4v) is 14.8. The molecule has 4 fully saturated rings. The van der Waals surface area contributed by atoms with Crippen molar-refractivity contribution in [3.05, 3.63) is 265 Å². The lowest BCUT2D eigenvalue weighted by Gasteiger charge is -2.54. The summed E-state index contributed by atoms with van der Waals surface area (Å²) in [7, 11) is 0. The molecule has 76 heavy (non-hydrogen) atoms. The molecule has 4 bridgehead atoms. The predicted molar refractivity (Wildman–Crippen MR) is 320 cm³/mol. The van der Waals surface area contributed by atoms with Gasteiger partial charge in [0.25, 0.3) is 0 Å². The summed E-state index contributed by atoms with van der Waals surface area (Å²) in [5, 5.41) is 0. The third kappa shape index (κ3) is 8.09. The number of anilines is 6. The van der Waals surface area contributed by atoms with E-state index >= 15 is 0 Å². The normalized spacial score (nSPS) is 19.5. The molecule has 0 heterocycles. The van der Waals surface area contributed by atoms with Gasteiger partial charge in [-0.2, -0.15) is 0 Å². The van der Waals surface area contributed by atoms with Crippen molar-refractivity contribution < 1.29 is 0 Å². The molecular formula is C74H64N2. The van der Waals surface area contributed by atoms with Gasteiger partial charge in [0.1, 0.15) is 0 Å². The fourth-order valence-electron chi connectivity index (χ4n) is 14.8. The summed E-state index contributed by atoms with van der Waals surface area (Å²) < 4.78 is 0. The van der Waals surface area contributed by atoms with Crippen molar-refractivity contribution in [2.75, 3.05) is 9.80 Å². The molecule has 0 aliphatic heterocycles. The maximum atomic E-state index is 2.47. The summed E-state index contributed by atoms with van der Waals surface area (Å²) in [4.78, 5) is 4.84. The minimum atomic E-state index is -0.111.